The van der Waals surface area contributed by atoms with Crippen LogP contribution in [0.5, 0.6) is 0 Å². The summed E-state index contributed by atoms with van der Waals surface area (Å²) in [5, 5.41) is 2.88. The third-order valence-electron chi connectivity index (χ3n) is 2.32. The van der Waals surface area contributed by atoms with Gasteiger partial charge in [0.2, 0.25) is 0 Å². The Labute approximate surface area is 97.6 Å². The number of alkyl halides is 3. The predicted molar refractivity (Wildman–Crippen MR) is 59.8 cm³/mol. The lowest BCUT2D eigenvalue weighted by Gasteiger charge is -2.19. The van der Waals surface area contributed by atoms with Crippen molar-refractivity contribution < 1.29 is 13.2 Å². The first kappa shape index (κ1) is 13.2. The summed E-state index contributed by atoms with van der Waals surface area (Å²) in [6.45, 7) is 3.70. The maximum Gasteiger partial charge on any atom is 0.418 e. The molecule has 1 N–H and O–H groups in total. The van der Waals surface area contributed by atoms with Gasteiger partial charge < -0.3 is 5.32 Å². The molecule has 1 atom stereocenters. The SMILES string of the molecule is CCC(C)Nc1c(Cl)cccc1C(F)(F)F. The van der Waals surface area contributed by atoms with Gasteiger partial charge in [-0.25, -0.2) is 0 Å². The Balaban J connectivity index is 3.14. The fourth-order valence-electron chi connectivity index (χ4n) is 1.26. The van der Waals surface area contributed by atoms with Gasteiger partial charge in [-0.2, -0.15) is 13.2 Å². The first-order valence-electron chi connectivity index (χ1n) is 4.98. The van der Waals surface area contributed by atoms with E-state index in [1.165, 1.54) is 12.1 Å². The fraction of sp³-hybridized carbons (Fsp3) is 0.455. The number of para-hydroxylation sites is 1. The third-order valence-corrected chi connectivity index (χ3v) is 2.64. The zero-order valence-corrected chi connectivity index (χ0v) is 9.78. The number of benzene rings is 1. The van der Waals surface area contributed by atoms with E-state index in [-0.39, 0.29) is 16.8 Å². The molecule has 0 saturated heterocycles. The van der Waals surface area contributed by atoms with Gasteiger partial charge in [0, 0.05) is 6.04 Å². The van der Waals surface area contributed by atoms with Gasteiger partial charge in [-0.1, -0.05) is 24.6 Å². The summed E-state index contributed by atoms with van der Waals surface area (Å²) < 4.78 is 38.1. The average molecular weight is 252 g/mol. The van der Waals surface area contributed by atoms with E-state index in [2.05, 4.69) is 5.32 Å². The second-order valence-corrected chi connectivity index (χ2v) is 4.02. The highest BCUT2D eigenvalue weighted by Gasteiger charge is 2.34. The first-order chi connectivity index (χ1) is 7.36. The van der Waals surface area contributed by atoms with Gasteiger partial charge in [-0.15, -0.1) is 0 Å². The molecule has 0 saturated carbocycles. The Morgan fingerprint density at radius 3 is 2.50 bits per heavy atom. The third kappa shape index (κ3) is 3.04. The molecule has 1 nitrogen and oxygen atoms in total. The van der Waals surface area contributed by atoms with Gasteiger partial charge in [0.05, 0.1) is 16.3 Å². The highest BCUT2D eigenvalue weighted by atomic mass is 35.5. The smallest absolute Gasteiger partial charge is 0.381 e. The Morgan fingerprint density at radius 2 is 2.00 bits per heavy atom. The Bertz CT molecular complexity index is 363. The monoisotopic (exact) mass is 251 g/mol. The van der Waals surface area contributed by atoms with E-state index < -0.39 is 11.7 Å². The zero-order valence-electron chi connectivity index (χ0n) is 9.03. The van der Waals surface area contributed by atoms with Crippen molar-refractivity contribution in [3.8, 4) is 0 Å². The van der Waals surface area contributed by atoms with Crippen molar-refractivity contribution in [2.24, 2.45) is 0 Å². The molecule has 1 aromatic carbocycles. The van der Waals surface area contributed by atoms with Crippen LogP contribution >= 0.6 is 11.6 Å². The van der Waals surface area contributed by atoms with Crippen molar-refractivity contribution in [1.82, 2.24) is 0 Å². The van der Waals surface area contributed by atoms with Gasteiger partial charge in [-0.05, 0) is 25.5 Å². The van der Waals surface area contributed by atoms with Crippen LogP contribution in [0.25, 0.3) is 0 Å². The van der Waals surface area contributed by atoms with Crippen molar-refractivity contribution in [2.45, 2.75) is 32.5 Å². The topological polar surface area (TPSA) is 12.0 Å². The number of nitrogens with one attached hydrogen (secondary N) is 1. The lowest BCUT2D eigenvalue weighted by Crippen LogP contribution is -2.18. The first-order valence-corrected chi connectivity index (χ1v) is 5.36. The van der Waals surface area contributed by atoms with Crippen LogP contribution in [0.3, 0.4) is 0 Å². The zero-order chi connectivity index (χ0) is 12.3. The second kappa shape index (κ2) is 4.95. The Kier molecular flexibility index (Phi) is 4.08. The molecule has 1 aromatic rings. The lowest BCUT2D eigenvalue weighted by atomic mass is 10.1. The molecule has 0 fully saturated rings. The van der Waals surface area contributed by atoms with Crippen molar-refractivity contribution in [3.63, 3.8) is 0 Å². The van der Waals surface area contributed by atoms with Crippen LogP contribution in [-0.2, 0) is 6.18 Å². The number of hydrogen-bond acceptors (Lipinski definition) is 1. The van der Waals surface area contributed by atoms with Gasteiger partial charge in [0.1, 0.15) is 0 Å². The van der Waals surface area contributed by atoms with Crippen LogP contribution in [-0.4, -0.2) is 6.04 Å². The summed E-state index contributed by atoms with van der Waals surface area (Å²) >= 11 is 5.77. The van der Waals surface area contributed by atoms with E-state index in [1.807, 2.05) is 13.8 Å². The van der Waals surface area contributed by atoms with Crippen LogP contribution < -0.4 is 5.32 Å². The fourth-order valence-corrected chi connectivity index (χ4v) is 1.48. The molecular weight excluding hydrogens is 239 g/mol. The van der Waals surface area contributed by atoms with Crippen molar-refractivity contribution in [1.29, 1.82) is 0 Å². The predicted octanol–water partition coefficient (Wildman–Crippen LogP) is 4.57. The van der Waals surface area contributed by atoms with Crippen LogP contribution in [0, 0.1) is 0 Å². The highest BCUT2D eigenvalue weighted by molar-refractivity contribution is 6.33. The molecular formula is C11H13ClF3N. The van der Waals surface area contributed by atoms with Gasteiger partial charge in [0.25, 0.3) is 0 Å². The minimum absolute atomic E-state index is 0.0361. The van der Waals surface area contributed by atoms with Gasteiger partial charge in [0.15, 0.2) is 0 Å². The van der Waals surface area contributed by atoms with E-state index in [0.717, 1.165) is 12.5 Å². The highest BCUT2D eigenvalue weighted by Crippen LogP contribution is 2.38. The van der Waals surface area contributed by atoms with Crippen LogP contribution in [0.15, 0.2) is 18.2 Å². The van der Waals surface area contributed by atoms with E-state index in [1.54, 1.807) is 0 Å². The molecule has 0 heterocycles. The van der Waals surface area contributed by atoms with E-state index in [4.69, 9.17) is 11.6 Å². The van der Waals surface area contributed by atoms with E-state index >= 15 is 0 Å². The number of hydrogen-bond donors (Lipinski definition) is 1. The normalized spacial score (nSPS) is 13.6. The summed E-state index contributed by atoms with van der Waals surface area (Å²) in [5.41, 5.74) is -0.758. The lowest BCUT2D eigenvalue weighted by molar-refractivity contribution is -0.137. The summed E-state index contributed by atoms with van der Waals surface area (Å²) in [6, 6.07) is 3.71. The van der Waals surface area contributed by atoms with Crippen LogP contribution in [0.4, 0.5) is 18.9 Å². The Morgan fingerprint density at radius 1 is 1.38 bits per heavy atom. The standard InChI is InChI=1S/C11H13ClF3N/c1-3-7(2)16-10-8(11(13,14)15)5-4-6-9(10)12/h4-7,16H,3H2,1-2H3. The number of halogens is 4. The van der Waals surface area contributed by atoms with Crippen molar-refractivity contribution in [2.75, 3.05) is 5.32 Å². The molecule has 0 amide bonds. The summed E-state index contributed by atoms with van der Waals surface area (Å²) in [5.74, 6) is 0. The summed E-state index contributed by atoms with van der Waals surface area (Å²) in [4.78, 5) is 0. The van der Waals surface area contributed by atoms with Gasteiger partial charge >= 0.3 is 6.18 Å². The quantitative estimate of drug-likeness (QED) is 0.830. The van der Waals surface area contributed by atoms with Crippen molar-refractivity contribution >= 4 is 17.3 Å². The molecule has 0 spiro atoms. The molecule has 5 heteroatoms. The maximum absolute atomic E-state index is 12.7. The average Bonchev–Trinajstić information content (AvgIpc) is 2.19. The molecule has 0 aliphatic rings. The van der Waals surface area contributed by atoms with Crippen LogP contribution in [0.2, 0.25) is 5.02 Å². The number of rotatable bonds is 3. The van der Waals surface area contributed by atoms with E-state index in [9.17, 15) is 13.2 Å². The molecule has 0 aromatic heterocycles. The molecule has 0 aliphatic heterocycles. The largest absolute Gasteiger partial charge is 0.418 e. The molecule has 16 heavy (non-hydrogen) atoms. The molecule has 0 aliphatic carbocycles. The molecule has 90 valence electrons. The van der Waals surface area contributed by atoms with Gasteiger partial charge in [-0.3, -0.25) is 0 Å². The maximum atomic E-state index is 12.7. The number of anilines is 1. The molecule has 0 radical (unpaired) electrons. The molecule has 1 rings (SSSR count). The molecule has 0 bridgehead atoms. The summed E-state index contributed by atoms with van der Waals surface area (Å²) in [6.07, 6.45) is -3.66. The van der Waals surface area contributed by atoms with Crippen molar-refractivity contribution in [3.05, 3.63) is 28.8 Å². The minimum atomic E-state index is -4.39. The minimum Gasteiger partial charge on any atom is -0.381 e. The molecule has 1 unspecified atom stereocenters. The second-order valence-electron chi connectivity index (χ2n) is 3.61. The van der Waals surface area contributed by atoms with E-state index in [0.29, 0.717) is 0 Å². The van der Waals surface area contributed by atoms with Crippen LogP contribution in [0.1, 0.15) is 25.8 Å². The Hall–Kier alpha value is -0.900. The summed E-state index contributed by atoms with van der Waals surface area (Å²) in [7, 11) is 0.